The number of anilines is 2. The number of aryl methyl sites for hydroxylation is 1. The van der Waals surface area contributed by atoms with Crippen molar-refractivity contribution in [1.82, 2.24) is 10.1 Å². The summed E-state index contributed by atoms with van der Waals surface area (Å²) in [6.07, 6.45) is 1.51. The van der Waals surface area contributed by atoms with E-state index in [1.807, 2.05) is 30.3 Å². The molecule has 1 N–H and O–H groups in total. The first-order chi connectivity index (χ1) is 15.5. The Bertz CT molecular complexity index is 974. The Kier molecular flexibility index (Phi) is 7.97. The van der Waals surface area contributed by atoms with Gasteiger partial charge in [0, 0.05) is 50.1 Å². The van der Waals surface area contributed by atoms with Gasteiger partial charge in [-0.3, -0.25) is 14.4 Å². The molecule has 0 bridgehead atoms. The minimum absolute atomic E-state index is 0.0745. The Morgan fingerprint density at radius 3 is 2.56 bits per heavy atom. The Morgan fingerprint density at radius 2 is 1.94 bits per heavy atom. The van der Waals surface area contributed by atoms with Gasteiger partial charge in [0.2, 0.25) is 17.7 Å². The first kappa shape index (κ1) is 23.0. The van der Waals surface area contributed by atoms with Crippen LogP contribution < -0.4 is 10.2 Å². The van der Waals surface area contributed by atoms with Crippen LogP contribution in [-0.2, 0) is 14.4 Å². The van der Waals surface area contributed by atoms with Crippen molar-refractivity contribution >= 4 is 29.2 Å². The van der Waals surface area contributed by atoms with Gasteiger partial charge in [0.1, 0.15) is 5.76 Å². The summed E-state index contributed by atoms with van der Waals surface area (Å²) < 4.78 is 4.95. The molecule has 2 aromatic rings. The van der Waals surface area contributed by atoms with Crippen LogP contribution in [0.3, 0.4) is 0 Å². The number of nitriles is 1. The largest absolute Gasteiger partial charge is 0.360 e. The fourth-order valence-corrected chi connectivity index (χ4v) is 3.72. The van der Waals surface area contributed by atoms with Crippen molar-refractivity contribution in [3.05, 3.63) is 42.2 Å². The molecular weight excluding hydrogens is 410 g/mol. The van der Waals surface area contributed by atoms with Crippen LogP contribution in [0, 0.1) is 24.2 Å². The molecular formula is C23H27N5O4. The number of hydrogen-bond donors (Lipinski definition) is 1. The zero-order valence-corrected chi connectivity index (χ0v) is 18.1. The third-order valence-corrected chi connectivity index (χ3v) is 5.47. The molecule has 0 radical (unpaired) electrons. The van der Waals surface area contributed by atoms with Gasteiger partial charge < -0.3 is 19.6 Å². The molecule has 1 saturated heterocycles. The van der Waals surface area contributed by atoms with Gasteiger partial charge in [-0.05, 0) is 31.9 Å². The number of piperidine rings is 1. The SMILES string of the molecule is Cc1cc(NC(=O)C2CCN(C(=O)CCC(=O)N(CCC#N)c3ccccc3)CC2)no1. The molecule has 0 saturated carbocycles. The molecule has 9 nitrogen and oxygen atoms in total. The van der Waals surface area contributed by atoms with Crippen LogP contribution in [0.2, 0.25) is 0 Å². The molecule has 3 amide bonds. The normalized spacial score (nSPS) is 13.9. The van der Waals surface area contributed by atoms with E-state index in [0.29, 0.717) is 49.7 Å². The van der Waals surface area contributed by atoms with Crippen LogP contribution in [0.15, 0.2) is 40.9 Å². The van der Waals surface area contributed by atoms with E-state index in [1.54, 1.807) is 22.8 Å². The van der Waals surface area contributed by atoms with Gasteiger partial charge >= 0.3 is 0 Å². The number of para-hydroxylation sites is 1. The number of amides is 3. The van der Waals surface area contributed by atoms with Gasteiger partial charge in [-0.2, -0.15) is 5.26 Å². The first-order valence-corrected chi connectivity index (χ1v) is 10.7. The molecule has 32 heavy (non-hydrogen) atoms. The molecule has 168 valence electrons. The molecule has 0 aliphatic carbocycles. The third kappa shape index (κ3) is 6.17. The van der Waals surface area contributed by atoms with E-state index in [2.05, 4.69) is 16.5 Å². The fraction of sp³-hybridized carbons (Fsp3) is 0.435. The molecule has 0 spiro atoms. The van der Waals surface area contributed by atoms with Crippen molar-refractivity contribution < 1.29 is 18.9 Å². The van der Waals surface area contributed by atoms with Gasteiger partial charge in [0.05, 0.1) is 12.5 Å². The second-order valence-electron chi connectivity index (χ2n) is 7.76. The summed E-state index contributed by atoms with van der Waals surface area (Å²) in [4.78, 5) is 41.0. The second-order valence-corrected chi connectivity index (χ2v) is 7.76. The number of hydrogen-bond acceptors (Lipinski definition) is 6. The highest BCUT2D eigenvalue weighted by molar-refractivity contribution is 5.95. The number of rotatable bonds is 8. The van der Waals surface area contributed by atoms with E-state index in [-0.39, 0.29) is 42.9 Å². The summed E-state index contributed by atoms with van der Waals surface area (Å²) in [5, 5.41) is 15.4. The maximum atomic E-state index is 12.7. The highest BCUT2D eigenvalue weighted by Gasteiger charge is 2.28. The molecule has 1 fully saturated rings. The standard InChI is InChI=1S/C23H27N5O4/c1-17-16-20(26-32-17)25-23(31)18-10-14-27(15-11-18)21(29)8-9-22(30)28(13-5-12-24)19-6-3-2-4-7-19/h2-4,6-7,16,18H,5,8-11,13-15H2,1H3,(H,25,26,31). The van der Waals surface area contributed by atoms with E-state index >= 15 is 0 Å². The van der Waals surface area contributed by atoms with Crippen LogP contribution in [0.25, 0.3) is 0 Å². The zero-order valence-electron chi connectivity index (χ0n) is 18.1. The van der Waals surface area contributed by atoms with Crippen molar-refractivity contribution in [3.8, 4) is 6.07 Å². The second kappa shape index (κ2) is 11.1. The molecule has 2 heterocycles. The number of nitrogens with zero attached hydrogens (tertiary/aromatic N) is 4. The maximum Gasteiger partial charge on any atom is 0.228 e. The minimum Gasteiger partial charge on any atom is -0.360 e. The highest BCUT2D eigenvalue weighted by atomic mass is 16.5. The van der Waals surface area contributed by atoms with Gasteiger partial charge in [0.25, 0.3) is 0 Å². The lowest BCUT2D eigenvalue weighted by Gasteiger charge is -2.31. The summed E-state index contributed by atoms with van der Waals surface area (Å²) in [7, 11) is 0. The number of carbonyl (C=O) groups excluding carboxylic acids is 3. The zero-order chi connectivity index (χ0) is 22.9. The minimum atomic E-state index is -0.197. The van der Waals surface area contributed by atoms with Crippen molar-refractivity contribution in [2.45, 2.75) is 39.0 Å². The number of carbonyl (C=O) groups is 3. The Balaban J connectivity index is 1.46. The molecule has 1 aliphatic heterocycles. The summed E-state index contributed by atoms with van der Waals surface area (Å²) in [5.74, 6) is 0.404. The molecule has 1 aromatic heterocycles. The smallest absolute Gasteiger partial charge is 0.228 e. The average molecular weight is 438 g/mol. The van der Waals surface area contributed by atoms with Crippen LogP contribution in [0.4, 0.5) is 11.5 Å². The lowest BCUT2D eigenvalue weighted by atomic mass is 9.95. The van der Waals surface area contributed by atoms with Gasteiger partial charge in [-0.1, -0.05) is 23.4 Å². The van der Waals surface area contributed by atoms with Crippen molar-refractivity contribution in [1.29, 1.82) is 5.26 Å². The topological polar surface area (TPSA) is 120 Å². The molecule has 9 heteroatoms. The Labute approximate surface area is 187 Å². The average Bonchev–Trinajstić information content (AvgIpc) is 3.22. The van der Waals surface area contributed by atoms with E-state index < -0.39 is 0 Å². The highest BCUT2D eigenvalue weighted by Crippen LogP contribution is 2.21. The Hall–Kier alpha value is -3.67. The molecule has 1 aliphatic rings. The number of likely N-dealkylation sites (tertiary alicyclic amines) is 1. The van der Waals surface area contributed by atoms with Crippen molar-refractivity contribution in [3.63, 3.8) is 0 Å². The van der Waals surface area contributed by atoms with Crippen LogP contribution >= 0.6 is 0 Å². The quantitative estimate of drug-likeness (QED) is 0.678. The summed E-state index contributed by atoms with van der Waals surface area (Å²) in [6.45, 7) is 2.98. The number of benzene rings is 1. The molecule has 1 aromatic carbocycles. The van der Waals surface area contributed by atoms with Crippen LogP contribution in [0.1, 0.15) is 37.9 Å². The predicted octanol–water partition coefficient (Wildman–Crippen LogP) is 2.89. The number of aromatic nitrogens is 1. The molecule has 3 rings (SSSR count). The molecule has 0 atom stereocenters. The van der Waals surface area contributed by atoms with Crippen LogP contribution in [-0.4, -0.2) is 47.4 Å². The van der Waals surface area contributed by atoms with Crippen molar-refractivity contribution in [2.24, 2.45) is 5.92 Å². The van der Waals surface area contributed by atoms with Gasteiger partial charge in [-0.15, -0.1) is 0 Å². The lowest BCUT2D eigenvalue weighted by Crippen LogP contribution is -2.42. The molecule has 0 unspecified atom stereocenters. The van der Waals surface area contributed by atoms with Crippen LogP contribution in [0.5, 0.6) is 0 Å². The van der Waals surface area contributed by atoms with E-state index in [4.69, 9.17) is 9.78 Å². The predicted molar refractivity (Wildman–Crippen MR) is 117 cm³/mol. The van der Waals surface area contributed by atoms with E-state index in [9.17, 15) is 14.4 Å². The van der Waals surface area contributed by atoms with Crippen molar-refractivity contribution in [2.75, 3.05) is 29.9 Å². The monoisotopic (exact) mass is 437 g/mol. The maximum absolute atomic E-state index is 12.7. The van der Waals surface area contributed by atoms with Gasteiger partial charge in [-0.25, -0.2) is 0 Å². The first-order valence-electron chi connectivity index (χ1n) is 10.7. The summed E-state index contributed by atoms with van der Waals surface area (Å²) in [5.41, 5.74) is 0.717. The van der Waals surface area contributed by atoms with E-state index in [0.717, 1.165) is 0 Å². The summed E-state index contributed by atoms with van der Waals surface area (Å²) in [6, 6.07) is 12.9. The number of nitrogens with one attached hydrogen (secondary N) is 1. The lowest BCUT2D eigenvalue weighted by molar-refractivity contribution is -0.135. The third-order valence-electron chi connectivity index (χ3n) is 5.47. The Morgan fingerprint density at radius 1 is 1.22 bits per heavy atom. The fourth-order valence-electron chi connectivity index (χ4n) is 3.72. The van der Waals surface area contributed by atoms with Gasteiger partial charge in [0.15, 0.2) is 5.82 Å². The summed E-state index contributed by atoms with van der Waals surface area (Å²) >= 11 is 0. The van der Waals surface area contributed by atoms with E-state index in [1.165, 1.54) is 0 Å².